The molecule has 20 heavy (non-hydrogen) atoms. The lowest BCUT2D eigenvalue weighted by Gasteiger charge is -2.09. The van der Waals surface area contributed by atoms with Gasteiger partial charge < -0.3 is 10.6 Å². The Morgan fingerprint density at radius 1 is 1.15 bits per heavy atom. The van der Waals surface area contributed by atoms with E-state index in [1.54, 1.807) is 0 Å². The third-order valence-corrected chi connectivity index (χ3v) is 3.47. The zero-order chi connectivity index (χ0) is 14.4. The number of amides is 2. The lowest BCUT2D eigenvalue weighted by molar-refractivity contribution is 0.252. The van der Waals surface area contributed by atoms with Gasteiger partial charge in [0.2, 0.25) is 0 Å². The molecule has 2 rings (SSSR count). The van der Waals surface area contributed by atoms with Gasteiger partial charge in [-0.2, -0.15) is 0 Å². The topological polar surface area (TPSA) is 41.1 Å². The molecule has 0 radical (unpaired) electrons. The van der Waals surface area contributed by atoms with Crippen molar-refractivity contribution in [3.05, 3.63) is 64.1 Å². The minimum Gasteiger partial charge on any atom is -0.338 e. The van der Waals surface area contributed by atoms with Crippen molar-refractivity contribution in [2.45, 2.75) is 13.3 Å². The van der Waals surface area contributed by atoms with Crippen LogP contribution in [0, 0.1) is 6.92 Å². The van der Waals surface area contributed by atoms with Crippen molar-refractivity contribution >= 4 is 27.6 Å². The van der Waals surface area contributed by atoms with Crippen molar-refractivity contribution in [1.29, 1.82) is 0 Å². The molecule has 0 aliphatic carbocycles. The molecule has 0 aromatic heterocycles. The van der Waals surface area contributed by atoms with Gasteiger partial charge in [0.25, 0.3) is 0 Å². The molecule has 0 aliphatic heterocycles. The van der Waals surface area contributed by atoms with Gasteiger partial charge in [-0.1, -0.05) is 46.3 Å². The maximum absolute atomic E-state index is 11.8. The van der Waals surface area contributed by atoms with Crippen molar-refractivity contribution in [2.24, 2.45) is 0 Å². The van der Waals surface area contributed by atoms with E-state index in [4.69, 9.17) is 0 Å². The van der Waals surface area contributed by atoms with Crippen LogP contribution in [0.15, 0.2) is 53.0 Å². The first-order valence-corrected chi connectivity index (χ1v) is 7.29. The summed E-state index contributed by atoms with van der Waals surface area (Å²) in [6, 6.07) is 15.6. The van der Waals surface area contributed by atoms with E-state index in [9.17, 15) is 4.79 Å². The van der Waals surface area contributed by atoms with Gasteiger partial charge in [0, 0.05) is 16.7 Å². The van der Waals surface area contributed by atoms with E-state index in [1.807, 2.05) is 49.4 Å². The quantitative estimate of drug-likeness (QED) is 0.868. The SMILES string of the molecule is Cc1ccccc1NC(=O)NCCc1cccc(Br)c1. The molecule has 0 heterocycles. The summed E-state index contributed by atoms with van der Waals surface area (Å²) in [6.07, 6.45) is 0.806. The Morgan fingerprint density at radius 3 is 2.70 bits per heavy atom. The van der Waals surface area contributed by atoms with Gasteiger partial charge in [0.1, 0.15) is 0 Å². The van der Waals surface area contributed by atoms with Crippen LogP contribution in [0.5, 0.6) is 0 Å². The Labute approximate surface area is 127 Å². The molecule has 0 aliphatic rings. The Bertz CT molecular complexity index is 599. The summed E-state index contributed by atoms with van der Waals surface area (Å²) >= 11 is 3.44. The largest absolute Gasteiger partial charge is 0.338 e. The van der Waals surface area contributed by atoms with Crippen LogP contribution in [-0.2, 0) is 6.42 Å². The molecule has 0 saturated heterocycles. The maximum atomic E-state index is 11.8. The molecule has 104 valence electrons. The smallest absolute Gasteiger partial charge is 0.319 e. The second-order valence-corrected chi connectivity index (χ2v) is 5.49. The molecule has 2 aromatic rings. The van der Waals surface area contributed by atoms with E-state index in [0.29, 0.717) is 6.54 Å². The molecule has 3 nitrogen and oxygen atoms in total. The summed E-state index contributed by atoms with van der Waals surface area (Å²) in [7, 11) is 0. The Balaban J connectivity index is 1.80. The fraction of sp³-hybridized carbons (Fsp3) is 0.188. The Morgan fingerprint density at radius 2 is 1.95 bits per heavy atom. The molecule has 0 atom stereocenters. The number of anilines is 1. The number of halogens is 1. The molecule has 2 N–H and O–H groups in total. The average molecular weight is 333 g/mol. The number of hydrogen-bond acceptors (Lipinski definition) is 1. The van der Waals surface area contributed by atoms with Gasteiger partial charge >= 0.3 is 6.03 Å². The number of nitrogens with one attached hydrogen (secondary N) is 2. The van der Waals surface area contributed by atoms with Crippen molar-refractivity contribution in [2.75, 3.05) is 11.9 Å². The van der Waals surface area contributed by atoms with Crippen molar-refractivity contribution in [3.63, 3.8) is 0 Å². The molecule has 0 fully saturated rings. The Hall–Kier alpha value is -1.81. The van der Waals surface area contributed by atoms with Crippen LogP contribution >= 0.6 is 15.9 Å². The maximum Gasteiger partial charge on any atom is 0.319 e. The second-order valence-electron chi connectivity index (χ2n) is 4.58. The van der Waals surface area contributed by atoms with Crippen molar-refractivity contribution in [3.8, 4) is 0 Å². The fourth-order valence-electron chi connectivity index (χ4n) is 1.89. The van der Waals surface area contributed by atoms with Gasteiger partial charge in [0.15, 0.2) is 0 Å². The normalized spacial score (nSPS) is 10.1. The number of rotatable bonds is 4. The molecule has 0 bridgehead atoms. The highest BCUT2D eigenvalue weighted by Crippen LogP contribution is 2.13. The monoisotopic (exact) mass is 332 g/mol. The highest BCUT2D eigenvalue weighted by molar-refractivity contribution is 9.10. The summed E-state index contributed by atoms with van der Waals surface area (Å²) in [4.78, 5) is 11.8. The summed E-state index contributed by atoms with van der Waals surface area (Å²) in [5, 5.41) is 5.71. The number of hydrogen-bond donors (Lipinski definition) is 2. The van der Waals surface area contributed by atoms with E-state index in [0.717, 1.165) is 22.1 Å². The molecule has 0 unspecified atom stereocenters. The van der Waals surface area contributed by atoms with Crippen LogP contribution in [0.4, 0.5) is 10.5 Å². The predicted octanol–water partition coefficient (Wildman–Crippen LogP) is 4.12. The first-order chi connectivity index (χ1) is 9.65. The van der Waals surface area contributed by atoms with Gasteiger partial charge in [-0.15, -0.1) is 0 Å². The number of carbonyl (C=O) groups excluding carboxylic acids is 1. The summed E-state index contributed by atoms with van der Waals surface area (Å²) in [5.41, 5.74) is 3.08. The van der Waals surface area contributed by atoms with Crippen molar-refractivity contribution < 1.29 is 4.79 Å². The minimum atomic E-state index is -0.172. The van der Waals surface area contributed by atoms with Crippen molar-refractivity contribution in [1.82, 2.24) is 5.32 Å². The summed E-state index contributed by atoms with van der Waals surface area (Å²) in [5.74, 6) is 0. The number of urea groups is 1. The van der Waals surface area contributed by atoms with Gasteiger partial charge in [0.05, 0.1) is 0 Å². The average Bonchev–Trinajstić information content (AvgIpc) is 2.41. The zero-order valence-electron chi connectivity index (χ0n) is 11.3. The summed E-state index contributed by atoms with van der Waals surface area (Å²) < 4.78 is 1.05. The third kappa shape index (κ3) is 4.38. The minimum absolute atomic E-state index is 0.172. The third-order valence-electron chi connectivity index (χ3n) is 2.98. The number of carbonyl (C=O) groups is 1. The first kappa shape index (κ1) is 14.6. The van der Waals surface area contributed by atoms with Gasteiger partial charge in [-0.05, 0) is 42.7 Å². The standard InChI is InChI=1S/C16H17BrN2O/c1-12-5-2-3-8-15(12)19-16(20)18-10-9-13-6-4-7-14(17)11-13/h2-8,11H,9-10H2,1H3,(H2,18,19,20). The molecule has 2 amide bonds. The summed E-state index contributed by atoms with van der Waals surface area (Å²) in [6.45, 7) is 2.57. The lowest BCUT2D eigenvalue weighted by Crippen LogP contribution is -2.30. The van der Waals surface area contributed by atoms with E-state index in [1.165, 1.54) is 5.56 Å². The first-order valence-electron chi connectivity index (χ1n) is 6.50. The number of aryl methyl sites for hydroxylation is 1. The van der Waals surface area contributed by atoms with Crippen LogP contribution < -0.4 is 10.6 Å². The molecule has 0 saturated carbocycles. The molecular weight excluding hydrogens is 316 g/mol. The highest BCUT2D eigenvalue weighted by atomic mass is 79.9. The van der Waals surface area contributed by atoms with Crippen LogP contribution in [0.2, 0.25) is 0 Å². The molecule has 0 spiro atoms. The van der Waals surface area contributed by atoms with Crippen LogP contribution in [0.1, 0.15) is 11.1 Å². The predicted molar refractivity (Wildman–Crippen MR) is 86.0 cm³/mol. The number of para-hydroxylation sites is 1. The zero-order valence-corrected chi connectivity index (χ0v) is 12.9. The molecule has 2 aromatic carbocycles. The molecular formula is C16H17BrN2O. The van der Waals surface area contributed by atoms with Crippen LogP contribution in [-0.4, -0.2) is 12.6 Å². The van der Waals surface area contributed by atoms with E-state index in [-0.39, 0.29) is 6.03 Å². The van der Waals surface area contributed by atoms with Crippen LogP contribution in [0.25, 0.3) is 0 Å². The lowest BCUT2D eigenvalue weighted by atomic mass is 10.1. The van der Waals surface area contributed by atoms with E-state index < -0.39 is 0 Å². The van der Waals surface area contributed by atoms with Gasteiger partial charge in [-0.3, -0.25) is 0 Å². The molecule has 4 heteroatoms. The second kappa shape index (κ2) is 7.10. The van der Waals surface area contributed by atoms with E-state index >= 15 is 0 Å². The Kier molecular flexibility index (Phi) is 5.18. The highest BCUT2D eigenvalue weighted by Gasteiger charge is 2.03. The fourth-order valence-corrected chi connectivity index (χ4v) is 2.34. The van der Waals surface area contributed by atoms with Gasteiger partial charge in [-0.25, -0.2) is 4.79 Å². The number of benzene rings is 2. The van der Waals surface area contributed by atoms with E-state index in [2.05, 4.69) is 32.6 Å². The van der Waals surface area contributed by atoms with Crippen LogP contribution in [0.3, 0.4) is 0 Å².